The van der Waals surface area contributed by atoms with Gasteiger partial charge in [-0.25, -0.2) is 8.42 Å². The van der Waals surface area contributed by atoms with Crippen LogP contribution in [-0.4, -0.2) is 15.0 Å². The molecule has 3 rings (SSSR count). The van der Waals surface area contributed by atoms with Gasteiger partial charge in [0.2, 0.25) is 0 Å². The van der Waals surface area contributed by atoms with Crippen molar-refractivity contribution in [1.29, 1.82) is 0 Å². The van der Waals surface area contributed by atoms with Crippen LogP contribution in [0.1, 0.15) is 25.7 Å². The second-order valence-electron chi connectivity index (χ2n) is 5.90. The van der Waals surface area contributed by atoms with Crippen molar-refractivity contribution < 1.29 is 13.2 Å². The van der Waals surface area contributed by atoms with Gasteiger partial charge in [0.15, 0.2) is 0 Å². The lowest BCUT2D eigenvalue weighted by Gasteiger charge is -2.22. The summed E-state index contributed by atoms with van der Waals surface area (Å²) in [7, 11) is 1.39. The van der Waals surface area contributed by atoms with Crippen molar-refractivity contribution in [2.45, 2.75) is 30.6 Å². The van der Waals surface area contributed by atoms with Crippen molar-refractivity contribution in [3.63, 3.8) is 0 Å². The van der Waals surface area contributed by atoms with E-state index in [0.29, 0.717) is 18.3 Å². The Hall–Kier alpha value is -0.160. The van der Waals surface area contributed by atoms with E-state index in [0.717, 1.165) is 11.8 Å². The largest absolute Gasteiger partial charge is 0.492 e. The van der Waals surface area contributed by atoms with Gasteiger partial charge >= 0.3 is 0 Å². The Labute approximate surface area is 138 Å². The van der Waals surface area contributed by atoms with E-state index in [1.54, 1.807) is 0 Å². The van der Waals surface area contributed by atoms with Crippen LogP contribution in [-0.2, 0) is 9.05 Å². The highest BCUT2D eigenvalue weighted by Gasteiger charge is 2.39. The van der Waals surface area contributed by atoms with Crippen LogP contribution in [0, 0.1) is 17.8 Å². The number of benzene rings is 1. The van der Waals surface area contributed by atoms with Gasteiger partial charge in [-0.05, 0) is 43.1 Å². The zero-order valence-corrected chi connectivity index (χ0v) is 14.3. The highest BCUT2D eigenvalue weighted by atomic mass is 35.7. The highest BCUT2D eigenvalue weighted by Crippen LogP contribution is 2.48. The molecular formula is C14H15Cl3O3S. The summed E-state index contributed by atoms with van der Waals surface area (Å²) in [4.78, 5) is -0.192. The van der Waals surface area contributed by atoms with Gasteiger partial charge in [0, 0.05) is 16.7 Å². The molecule has 0 spiro atoms. The molecule has 2 bridgehead atoms. The standard InChI is InChI=1S/C14H15Cl3O3S/c15-11-6-14(21(17,18)19)12(16)5-13(11)20-7-10-4-8-1-2-9(10)3-8/h5-6,8-10H,1-4,7H2. The highest BCUT2D eigenvalue weighted by molar-refractivity contribution is 8.13. The van der Waals surface area contributed by atoms with Gasteiger partial charge in [0.1, 0.15) is 10.6 Å². The quantitative estimate of drug-likeness (QED) is 0.720. The number of ether oxygens (including phenoxy) is 1. The molecule has 1 aromatic carbocycles. The molecule has 2 aliphatic carbocycles. The average Bonchev–Trinajstić information content (AvgIpc) is 3.00. The van der Waals surface area contributed by atoms with Gasteiger partial charge in [-0.15, -0.1) is 0 Å². The van der Waals surface area contributed by atoms with E-state index in [9.17, 15) is 8.42 Å². The zero-order chi connectivity index (χ0) is 15.2. The number of rotatable bonds is 4. The van der Waals surface area contributed by atoms with Crippen molar-refractivity contribution in [1.82, 2.24) is 0 Å². The number of hydrogen-bond acceptors (Lipinski definition) is 3. The summed E-state index contributed by atoms with van der Waals surface area (Å²) in [6.45, 7) is 0.601. The summed E-state index contributed by atoms with van der Waals surface area (Å²) in [6, 6.07) is 2.66. The van der Waals surface area contributed by atoms with E-state index >= 15 is 0 Å². The van der Waals surface area contributed by atoms with Crippen LogP contribution in [0.15, 0.2) is 17.0 Å². The average molecular weight is 370 g/mol. The fourth-order valence-corrected chi connectivity index (χ4v) is 5.38. The Morgan fingerprint density at radius 2 is 1.90 bits per heavy atom. The molecule has 3 nitrogen and oxygen atoms in total. The topological polar surface area (TPSA) is 43.4 Å². The van der Waals surface area contributed by atoms with Crippen LogP contribution in [0.2, 0.25) is 10.0 Å². The first-order valence-electron chi connectivity index (χ1n) is 6.91. The van der Waals surface area contributed by atoms with Crippen LogP contribution < -0.4 is 4.74 Å². The van der Waals surface area contributed by atoms with E-state index in [2.05, 4.69) is 0 Å². The van der Waals surface area contributed by atoms with Crippen molar-refractivity contribution in [3.8, 4) is 5.75 Å². The smallest absolute Gasteiger partial charge is 0.262 e. The van der Waals surface area contributed by atoms with Gasteiger partial charge in [-0.1, -0.05) is 29.6 Å². The van der Waals surface area contributed by atoms with E-state index in [4.69, 9.17) is 38.6 Å². The molecule has 2 saturated carbocycles. The van der Waals surface area contributed by atoms with Crippen molar-refractivity contribution >= 4 is 42.9 Å². The molecule has 3 unspecified atom stereocenters. The van der Waals surface area contributed by atoms with Crippen molar-refractivity contribution in [2.75, 3.05) is 6.61 Å². The third-order valence-corrected chi connectivity index (χ3v) is 6.67. The molecule has 7 heteroatoms. The first-order valence-corrected chi connectivity index (χ1v) is 9.97. The Balaban J connectivity index is 1.73. The maximum Gasteiger partial charge on any atom is 0.262 e. The van der Waals surface area contributed by atoms with E-state index in [1.807, 2.05) is 0 Å². The summed E-state index contributed by atoms with van der Waals surface area (Å²) in [5, 5.41) is 0.235. The summed E-state index contributed by atoms with van der Waals surface area (Å²) in [6.07, 6.45) is 5.16. The van der Waals surface area contributed by atoms with Crippen LogP contribution in [0.4, 0.5) is 0 Å². The van der Waals surface area contributed by atoms with Crippen LogP contribution in [0.3, 0.4) is 0 Å². The lowest BCUT2D eigenvalue weighted by Crippen LogP contribution is -2.18. The maximum absolute atomic E-state index is 11.4. The third kappa shape index (κ3) is 3.29. The predicted octanol–water partition coefficient (Wildman–Crippen LogP) is 4.74. The Bertz CT molecular complexity index is 660. The number of fused-ring (bicyclic) bond motifs is 2. The lowest BCUT2D eigenvalue weighted by atomic mass is 9.89. The molecule has 0 N–H and O–H groups in total. The Morgan fingerprint density at radius 3 is 2.48 bits per heavy atom. The van der Waals surface area contributed by atoms with Crippen LogP contribution in [0.25, 0.3) is 0 Å². The Morgan fingerprint density at radius 1 is 1.14 bits per heavy atom. The zero-order valence-electron chi connectivity index (χ0n) is 11.2. The van der Waals surface area contributed by atoms with E-state index in [-0.39, 0.29) is 14.9 Å². The van der Waals surface area contributed by atoms with Gasteiger partial charge in [-0.3, -0.25) is 0 Å². The van der Waals surface area contributed by atoms with Gasteiger partial charge < -0.3 is 4.74 Å². The summed E-state index contributed by atoms with van der Waals surface area (Å²) >= 11 is 12.0. The Kier molecular flexibility index (Phi) is 4.34. The second-order valence-corrected chi connectivity index (χ2v) is 9.25. The molecule has 2 aliphatic rings. The molecule has 0 aromatic heterocycles. The SMILES string of the molecule is O=S(=O)(Cl)c1cc(Cl)c(OCC2CC3CCC2C3)cc1Cl. The van der Waals surface area contributed by atoms with Gasteiger partial charge in [0.05, 0.1) is 16.7 Å². The molecule has 0 amide bonds. The van der Waals surface area contributed by atoms with E-state index in [1.165, 1.54) is 37.8 Å². The molecule has 1 aromatic rings. The maximum atomic E-state index is 11.4. The fraction of sp³-hybridized carbons (Fsp3) is 0.571. The van der Waals surface area contributed by atoms with Gasteiger partial charge in [0.25, 0.3) is 9.05 Å². The summed E-state index contributed by atoms with van der Waals surface area (Å²) in [5.41, 5.74) is 0. The molecule has 0 saturated heterocycles. The van der Waals surface area contributed by atoms with Gasteiger partial charge in [-0.2, -0.15) is 0 Å². The molecule has 21 heavy (non-hydrogen) atoms. The normalized spacial score (nSPS) is 28.0. The summed E-state index contributed by atoms with van der Waals surface area (Å²) < 4.78 is 28.5. The number of hydrogen-bond donors (Lipinski definition) is 0. The molecule has 2 fully saturated rings. The predicted molar refractivity (Wildman–Crippen MR) is 83.9 cm³/mol. The third-order valence-electron chi connectivity index (χ3n) is 4.59. The second kappa shape index (κ2) is 5.80. The fourth-order valence-electron chi connectivity index (χ4n) is 3.59. The molecule has 0 aliphatic heterocycles. The first kappa shape index (κ1) is 15.7. The minimum absolute atomic E-state index is 0.0253. The first-order chi connectivity index (χ1) is 9.84. The van der Waals surface area contributed by atoms with Crippen molar-refractivity contribution in [2.24, 2.45) is 17.8 Å². The monoisotopic (exact) mass is 368 g/mol. The molecular weight excluding hydrogens is 355 g/mol. The molecule has 116 valence electrons. The van der Waals surface area contributed by atoms with Crippen LogP contribution >= 0.6 is 33.9 Å². The summed E-state index contributed by atoms with van der Waals surface area (Å²) in [5.74, 6) is 2.58. The molecule has 0 heterocycles. The minimum Gasteiger partial charge on any atom is -0.492 e. The van der Waals surface area contributed by atoms with Crippen LogP contribution in [0.5, 0.6) is 5.75 Å². The number of halogens is 3. The molecule has 0 radical (unpaired) electrons. The lowest BCUT2D eigenvalue weighted by molar-refractivity contribution is 0.195. The van der Waals surface area contributed by atoms with Crippen molar-refractivity contribution in [3.05, 3.63) is 22.2 Å². The minimum atomic E-state index is -3.91. The van der Waals surface area contributed by atoms with E-state index < -0.39 is 9.05 Å². The molecule has 3 atom stereocenters.